The average molecular weight is 205 g/mol. The number of imidazole rings is 1. The molecule has 0 saturated heterocycles. The van der Waals surface area contributed by atoms with Crippen molar-refractivity contribution in [3.05, 3.63) is 46.8 Å². The first-order valence-electron chi connectivity index (χ1n) is 4.40. The molecule has 14 heavy (non-hydrogen) atoms. The van der Waals surface area contributed by atoms with E-state index in [0.29, 0.717) is 0 Å². The second-order valence-corrected chi connectivity index (χ2v) is 3.58. The fourth-order valence-corrected chi connectivity index (χ4v) is 1.53. The summed E-state index contributed by atoms with van der Waals surface area (Å²) in [6.07, 6.45) is 7.46. The first-order valence-corrected chi connectivity index (χ1v) is 4.81. The molecule has 0 spiro atoms. The monoisotopic (exact) mass is 205 g/mol. The maximum Gasteiger partial charge on any atom is 0.177 e. The number of hydrogen-bond acceptors (Lipinski definition) is 2. The van der Waals surface area contributed by atoms with Crippen LogP contribution in [-0.2, 0) is 6.54 Å². The molecule has 0 fully saturated rings. The van der Waals surface area contributed by atoms with Crippen LogP contribution in [0.4, 0.5) is 0 Å². The third-order valence-corrected chi connectivity index (χ3v) is 2.55. The minimum Gasteiger partial charge on any atom is -0.337 e. The predicted molar refractivity (Wildman–Crippen MR) is 57.7 cm³/mol. The lowest BCUT2D eigenvalue weighted by Gasteiger charge is -2.05. The van der Waals surface area contributed by atoms with Crippen molar-refractivity contribution in [2.24, 2.45) is 0 Å². The first-order chi connectivity index (χ1) is 6.77. The first kappa shape index (κ1) is 9.15. The molecular formula is C10H11N3S. The summed E-state index contributed by atoms with van der Waals surface area (Å²) in [5.41, 5.74) is 2.44. The van der Waals surface area contributed by atoms with Crippen molar-refractivity contribution < 1.29 is 0 Å². The molecule has 2 heterocycles. The van der Waals surface area contributed by atoms with Crippen LogP contribution in [0.1, 0.15) is 11.1 Å². The number of pyridine rings is 1. The van der Waals surface area contributed by atoms with Crippen LogP contribution in [0, 0.1) is 11.7 Å². The summed E-state index contributed by atoms with van der Waals surface area (Å²) in [5.74, 6) is 0. The predicted octanol–water partition coefficient (Wildman–Crippen LogP) is 2.30. The highest BCUT2D eigenvalue weighted by molar-refractivity contribution is 7.71. The van der Waals surface area contributed by atoms with Crippen molar-refractivity contribution in [2.75, 3.05) is 0 Å². The van der Waals surface area contributed by atoms with Gasteiger partial charge in [0.15, 0.2) is 4.77 Å². The van der Waals surface area contributed by atoms with E-state index < -0.39 is 0 Å². The molecule has 4 heteroatoms. The number of aryl methyl sites for hydroxylation is 1. The Bertz CT molecular complexity index is 484. The fourth-order valence-electron chi connectivity index (χ4n) is 1.34. The van der Waals surface area contributed by atoms with E-state index in [4.69, 9.17) is 12.2 Å². The largest absolute Gasteiger partial charge is 0.337 e. The standard InChI is InChI=1S/C10H11N3S/c1-8-6-11-3-2-9(8)7-13-5-4-12-10(13)14/h2-6H,7H2,1H3,(H,12,14). The molecule has 1 N–H and O–H groups in total. The molecule has 2 aromatic rings. The molecule has 0 aliphatic rings. The quantitative estimate of drug-likeness (QED) is 0.763. The van der Waals surface area contributed by atoms with Gasteiger partial charge in [0.1, 0.15) is 0 Å². The SMILES string of the molecule is Cc1cnccc1Cn1cc[nH]c1=S. The van der Waals surface area contributed by atoms with Gasteiger partial charge in [-0.25, -0.2) is 0 Å². The van der Waals surface area contributed by atoms with Gasteiger partial charge in [-0.05, 0) is 36.3 Å². The lowest BCUT2D eigenvalue weighted by molar-refractivity contribution is 0.777. The summed E-state index contributed by atoms with van der Waals surface area (Å²) in [5, 5.41) is 0. The third-order valence-electron chi connectivity index (χ3n) is 2.20. The Hall–Kier alpha value is -1.42. The van der Waals surface area contributed by atoms with Crippen molar-refractivity contribution in [1.82, 2.24) is 14.5 Å². The number of nitrogens with zero attached hydrogens (tertiary/aromatic N) is 2. The third kappa shape index (κ3) is 1.75. The summed E-state index contributed by atoms with van der Waals surface area (Å²) < 4.78 is 2.75. The molecule has 0 aliphatic carbocycles. The van der Waals surface area contributed by atoms with E-state index in [2.05, 4.69) is 16.9 Å². The summed E-state index contributed by atoms with van der Waals surface area (Å²) in [6.45, 7) is 2.86. The molecule has 2 aromatic heterocycles. The lowest BCUT2D eigenvalue weighted by atomic mass is 10.1. The van der Waals surface area contributed by atoms with E-state index in [9.17, 15) is 0 Å². The number of H-pyrrole nitrogens is 1. The van der Waals surface area contributed by atoms with Crippen molar-refractivity contribution in [3.63, 3.8) is 0 Å². The highest BCUT2D eigenvalue weighted by atomic mass is 32.1. The second kappa shape index (κ2) is 3.75. The van der Waals surface area contributed by atoms with Gasteiger partial charge in [-0.1, -0.05) is 0 Å². The molecule has 0 bridgehead atoms. The highest BCUT2D eigenvalue weighted by Gasteiger charge is 1.99. The maximum atomic E-state index is 5.12. The summed E-state index contributed by atoms with van der Waals surface area (Å²) >= 11 is 5.12. The van der Waals surface area contributed by atoms with E-state index in [1.807, 2.05) is 29.2 Å². The van der Waals surface area contributed by atoms with E-state index in [-0.39, 0.29) is 0 Å². The molecule has 0 aliphatic heterocycles. The van der Waals surface area contributed by atoms with Gasteiger partial charge < -0.3 is 9.55 Å². The van der Waals surface area contributed by atoms with Crippen molar-refractivity contribution in [2.45, 2.75) is 13.5 Å². The Labute approximate surface area is 87.4 Å². The van der Waals surface area contributed by atoms with Crippen molar-refractivity contribution in [3.8, 4) is 0 Å². The van der Waals surface area contributed by atoms with Crippen LogP contribution in [0.3, 0.4) is 0 Å². The topological polar surface area (TPSA) is 33.6 Å². The van der Waals surface area contributed by atoms with E-state index in [1.165, 1.54) is 11.1 Å². The Morgan fingerprint density at radius 3 is 3.07 bits per heavy atom. The zero-order chi connectivity index (χ0) is 9.97. The number of aromatic amines is 1. The Morgan fingerprint density at radius 2 is 2.43 bits per heavy atom. The Morgan fingerprint density at radius 1 is 1.57 bits per heavy atom. The molecule has 0 amide bonds. The van der Waals surface area contributed by atoms with Crippen LogP contribution in [0.2, 0.25) is 0 Å². The van der Waals surface area contributed by atoms with Gasteiger partial charge in [-0.3, -0.25) is 4.98 Å². The van der Waals surface area contributed by atoms with E-state index in [0.717, 1.165) is 11.3 Å². The molecular weight excluding hydrogens is 194 g/mol. The maximum absolute atomic E-state index is 5.12. The van der Waals surface area contributed by atoms with Gasteiger partial charge in [0, 0.05) is 24.8 Å². The van der Waals surface area contributed by atoms with E-state index >= 15 is 0 Å². The summed E-state index contributed by atoms with van der Waals surface area (Å²) in [6, 6.07) is 2.02. The molecule has 72 valence electrons. The second-order valence-electron chi connectivity index (χ2n) is 3.20. The molecule has 0 unspecified atom stereocenters. The van der Waals surface area contributed by atoms with Gasteiger partial charge in [0.2, 0.25) is 0 Å². The zero-order valence-electron chi connectivity index (χ0n) is 7.90. The molecule has 3 nitrogen and oxygen atoms in total. The minimum atomic E-state index is 0.751. The van der Waals surface area contributed by atoms with Crippen LogP contribution in [0.25, 0.3) is 0 Å². The Kier molecular flexibility index (Phi) is 2.45. The smallest absolute Gasteiger partial charge is 0.177 e. The fraction of sp³-hybridized carbons (Fsp3) is 0.200. The van der Waals surface area contributed by atoms with Crippen LogP contribution in [-0.4, -0.2) is 14.5 Å². The normalized spacial score (nSPS) is 10.4. The lowest BCUT2D eigenvalue weighted by Crippen LogP contribution is -2.00. The van der Waals surface area contributed by atoms with Gasteiger partial charge in [-0.15, -0.1) is 0 Å². The number of hydrogen-bond donors (Lipinski definition) is 1. The van der Waals surface area contributed by atoms with Gasteiger partial charge in [0.05, 0.1) is 6.54 Å². The minimum absolute atomic E-state index is 0.751. The van der Waals surface area contributed by atoms with Gasteiger partial charge in [-0.2, -0.15) is 0 Å². The average Bonchev–Trinajstić information content (AvgIpc) is 2.56. The number of rotatable bonds is 2. The van der Waals surface area contributed by atoms with Crippen LogP contribution in [0.15, 0.2) is 30.9 Å². The molecule has 2 rings (SSSR count). The Balaban J connectivity index is 2.32. The van der Waals surface area contributed by atoms with Crippen molar-refractivity contribution in [1.29, 1.82) is 0 Å². The van der Waals surface area contributed by atoms with Gasteiger partial charge in [0.25, 0.3) is 0 Å². The van der Waals surface area contributed by atoms with Crippen molar-refractivity contribution >= 4 is 12.2 Å². The van der Waals surface area contributed by atoms with Gasteiger partial charge >= 0.3 is 0 Å². The molecule has 0 atom stereocenters. The van der Waals surface area contributed by atoms with Crippen LogP contribution in [0.5, 0.6) is 0 Å². The highest BCUT2D eigenvalue weighted by Crippen LogP contribution is 2.07. The molecule has 0 radical (unpaired) electrons. The number of aromatic nitrogens is 3. The summed E-state index contributed by atoms with van der Waals surface area (Å²) in [4.78, 5) is 7.02. The van der Waals surface area contributed by atoms with Crippen LogP contribution < -0.4 is 0 Å². The number of nitrogens with one attached hydrogen (secondary N) is 1. The molecule has 0 aromatic carbocycles. The zero-order valence-corrected chi connectivity index (χ0v) is 8.71. The molecule has 0 saturated carbocycles. The van der Waals surface area contributed by atoms with E-state index in [1.54, 1.807) is 6.20 Å². The van der Waals surface area contributed by atoms with Crippen LogP contribution >= 0.6 is 12.2 Å². The summed E-state index contributed by atoms with van der Waals surface area (Å²) in [7, 11) is 0.